The van der Waals surface area contributed by atoms with E-state index < -0.39 is 5.60 Å². The van der Waals surface area contributed by atoms with Crippen LogP contribution >= 0.6 is 0 Å². The maximum absolute atomic E-state index is 12.8. The van der Waals surface area contributed by atoms with Crippen LogP contribution in [-0.4, -0.2) is 19.2 Å². The quantitative estimate of drug-likeness (QED) is 0.272. The van der Waals surface area contributed by atoms with E-state index >= 15 is 0 Å². The monoisotopic (exact) mass is 430 g/mol. The number of benzene rings is 3. The summed E-state index contributed by atoms with van der Waals surface area (Å²) in [6.45, 7) is 5.67. The van der Waals surface area contributed by atoms with E-state index in [0.717, 1.165) is 53.9 Å². The van der Waals surface area contributed by atoms with Crippen LogP contribution in [0.5, 0.6) is 11.5 Å². The molecule has 4 rings (SSSR count). The van der Waals surface area contributed by atoms with E-state index in [0.29, 0.717) is 18.8 Å². The Bertz CT molecular complexity index is 984. The molecule has 0 spiro atoms. The zero-order chi connectivity index (χ0) is 22.4. The fraction of sp³-hybridized carbons (Fsp3) is 0.321. The molecule has 1 aliphatic rings. The molecular weight excluding hydrogens is 400 g/mol. The van der Waals surface area contributed by atoms with Gasteiger partial charge in [0.05, 0.1) is 18.8 Å². The first-order chi connectivity index (χ1) is 15.7. The Morgan fingerprint density at radius 1 is 0.719 bits per heavy atom. The van der Waals surface area contributed by atoms with Crippen molar-refractivity contribution >= 4 is 5.97 Å². The summed E-state index contributed by atoms with van der Waals surface area (Å²) in [7, 11) is 0. The van der Waals surface area contributed by atoms with Crippen LogP contribution in [0.25, 0.3) is 0 Å². The third-order valence-corrected chi connectivity index (χ3v) is 5.83. The molecule has 32 heavy (non-hydrogen) atoms. The Kier molecular flexibility index (Phi) is 6.79. The molecule has 4 heteroatoms. The van der Waals surface area contributed by atoms with Gasteiger partial charge in [0.15, 0.2) is 5.60 Å². The van der Waals surface area contributed by atoms with Crippen molar-refractivity contribution in [3.63, 3.8) is 0 Å². The van der Waals surface area contributed by atoms with E-state index in [-0.39, 0.29) is 5.97 Å². The topological polar surface area (TPSA) is 44.8 Å². The van der Waals surface area contributed by atoms with E-state index in [4.69, 9.17) is 14.2 Å². The van der Waals surface area contributed by atoms with Crippen molar-refractivity contribution in [2.24, 2.45) is 0 Å². The SMILES string of the molecule is CCCCOc1ccc(C2(c3ccc(OCCCC)cc3)OC(=O)c3ccccc32)cc1. The van der Waals surface area contributed by atoms with Gasteiger partial charge in [0.2, 0.25) is 0 Å². The van der Waals surface area contributed by atoms with Crippen LogP contribution in [0.3, 0.4) is 0 Å². The molecule has 1 heterocycles. The molecule has 0 radical (unpaired) electrons. The second kappa shape index (κ2) is 9.90. The number of hydrogen-bond acceptors (Lipinski definition) is 4. The number of unbranched alkanes of at least 4 members (excludes halogenated alkanes) is 2. The van der Waals surface area contributed by atoms with E-state index in [1.54, 1.807) is 0 Å². The summed E-state index contributed by atoms with van der Waals surface area (Å²) in [5.41, 5.74) is 2.22. The summed E-state index contributed by atoms with van der Waals surface area (Å²) in [5, 5.41) is 0. The Labute approximate surface area is 190 Å². The van der Waals surface area contributed by atoms with E-state index in [9.17, 15) is 4.79 Å². The van der Waals surface area contributed by atoms with Gasteiger partial charge < -0.3 is 14.2 Å². The first kappa shape index (κ1) is 21.9. The molecule has 0 N–H and O–H groups in total. The van der Waals surface area contributed by atoms with E-state index in [1.807, 2.05) is 72.8 Å². The molecule has 166 valence electrons. The molecule has 0 aromatic heterocycles. The largest absolute Gasteiger partial charge is 0.494 e. The van der Waals surface area contributed by atoms with Gasteiger partial charge in [-0.1, -0.05) is 69.2 Å². The van der Waals surface area contributed by atoms with Crippen LogP contribution in [0.1, 0.15) is 66.6 Å². The number of esters is 1. The highest BCUT2D eigenvalue weighted by Crippen LogP contribution is 2.47. The van der Waals surface area contributed by atoms with Crippen molar-refractivity contribution in [2.75, 3.05) is 13.2 Å². The maximum atomic E-state index is 12.8. The fourth-order valence-electron chi connectivity index (χ4n) is 4.05. The van der Waals surface area contributed by atoms with Gasteiger partial charge in [-0.15, -0.1) is 0 Å². The minimum absolute atomic E-state index is 0.313. The molecule has 4 nitrogen and oxygen atoms in total. The van der Waals surface area contributed by atoms with Crippen molar-refractivity contribution in [1.82, 2.24) is 0 Å². The summed E-state index contributed by atoms with van der Waals surface area (Å²) in [4.78, 5) is 12.8. The van der Waals surface area contributed by atoms with Crippen molar-refractivity contribution in [1.29, 1.82) is 0 Å². The molecule has 0 amide bonds. The number of fused-ring (bicyclic) bond motifs is 1. The summed E-state index contributed by atoms with van der Waals surface area (Å²) in [5.74, 6) is 1.32. The molecule has 0 fully saturated rings. The number of cyclic esters (lactones) is 1. The lowest BCUT2D eigenvalue weighted by Crippen LogP contribution is -2.29. The van der Waals surface area contributed by atoms with Crippen LogP contribution in [0.4, 0.5) is 0 Å². The third-order valence-electron chi connectivity index (χ3n) is 5.83. The average molecular weight is 431 g/mol. The number of carbonyl (C=O) groups is 1. The van der Waals surface area contributed by atoms with E-state index in [2.05, 4.69) is 13.8 Å². The van der Waals surface area contributed by atoms with Crippen LogP contribution in [-0.2, 0) is 10.3 Å². The first-order valence-electron chi connectivity index (χ1n) is 11.5. The Morgan fingerprint density at radius 2 is 1.22 bits per heavy atom. The lowest BCUT2D eigenvalue weighted by molar-refractivity contribution is 0.0251. The van der Waals surface area contributed by atoms with Gasteiger partial charge in [-0.25, -0.2) is 4.79 Å². The Hall–Kier alpha value is -3.27. The van der Waals surface area contributed by atoms with Crippen LogP contribution in [0.2, 0.25) is 0 Å². The summed E-state index contributed by atoms with van der Waals surface area (Å²) in [6.07, 6.45) is 4.21. The third kappa shape index (κ3) is 4.22. The first-order valence-corrected chi connectivity index (χ1v) is 11.5. The second-order valence-corrected chi connectivity index (χ2v) is 8.07. The number of rotatable bonds is 10. The molecule has 3 aromatic rings. The lowest BCUT2D eigenvalue weighted by atomic mass is 9.80. The normalized spacial score (nSPS) is 14.0. The zero-order valence-electron chi connectivity index (χ0n) is 18.8. The minimum atomic E-state index is -1.00. The number of hydrogen-bond donors (Lipinski definition) is 0. The lowest BCUT2D eigenvalue weighted by Gasteiger charge is -2.30. The fourth-order valence-corrected chi connectivity index (χ4v) is 4.05. The maximum Gasteiger partial charge on any atom is 0.340 e. The molecule has 1 aliphatic heterocycles. The van der Waals surface area contributed by atoms with Gasteiger partial charge in [-0.05, 0) is 43.2 Å². The van der Waals surface area contributed by atoms with Crippen molar-refractivity contribution in [2.45, 2.75) is 45.1 Å². The average Bonchev–Trinajstić information content (AvgIpc) is 3.14. The Balaban J connectivity index is 1.72. The predicted molar refractivity (Wildman–Crippen MR) is 125 cm³/mol. The minimum Gasteiger partial charge on any atom is -0.494 e. The van der Waals surface area contributed by atoms with Crippen molar-refractivity contribution in [3.8, 4) is 11.5 Å². The van der Waals surface area contributed by atoms with Crippen LogP contribution in [0, 0.1) is 0 Å². The summed E-state index contributed by atoms with van der Waals surface area (Å²) in [6, 6.07) is 23.4. The van der Waals surface area contributed by atoms with Gasteiger partial charge >= 0.3 is 5.97 Å². The van der Waals surface area contributed by atoms with Gasteiger partial charge in [0, 0.05) is 16.7 Å². The molecular formula is C28H30O4. The zero-order valence-corrected chi connectivity index (χ0v) is 18.8. The van der Waals surface area contributed by atoms with Gasteiger partial charge in [-0.3, -0.25) is 0 Å². The second-order valence-electron chi connectivity index (χ2n) is 8.07. The highest BCUT2D eigenvalue weighted by atomic mass is 16.6. The predicted octanol–water partition coefficient (Wildman–Crippen LogP) is 6.51. The number of carbonyl (C=O) groups excluding carboxylic acids is 1. The van der Waals surface area contributed by atoms with Gasteiger partial charge in [0.25, 0.3) is 0 Å². The standard InChI is InChI=1S/C28H30O4/c1-3-5-19-30-23-15-11-21(12-16-23)28(26-10-8-7-9-25(26)27(29)32-28)22-13-17-24(18-14-22)31-20-6-4-2/h7-18H,3-6,19-20H2,1-2H3. The Morgan fingerprint density at radius 3 is 1.72 bits per heavy atom. The molecule has 0 saturated carbocycles. The van der Waals surface area contributed by atoms with E-state index in [1.165, 1.54) is 0 Å². The molecule has 0 bridgehead atoms. The molecule has 0 aliphatic carbocycles. The van der Waals surface area contributed by atoms with Crippen LogP contribution in [0.15, 0.2) is 72.8 Å². The van der Waals surface area contributed by atoms with Crippen LogP contribution < -0.4 is 9.47 Å². The molecule has 0 atom stereocenters. The molecule has 3 aromatic carbocycles. The van der Waals surface area contributed by atoms with Crippen molar-refractivity contribution < 1.29 is 19.0 Å². The van der Waals surface area contributed by atoms with Crippen molar-refractivity contribution in [3.05, 3.63) is 95.1 Å². The number of ether oxygens (including phenoxy) is 3. The smallest absolute Gasteiger partial charge is 0.340 e. The summed E-state index contributed by atoms with van der Waals surface area (Å²) >= 11 is 0. The highest BCUT2D eigenvalue weighted by molar-refractivity contribution is 5.96. The molecule has 0 saturated heterocycles. The van der Waals surface area contributed by atoms with Gasteiger partial charge in [-0.2, -0.15) is 0 Å². The van der Waals surface area contributed by atoms with Gasteiger partial charge in [0.1, 0.15) is 11.5 Å². The molecule has 0 unspecified atom stereocenters. The summed E-state index contributed by atoms with van der Waals surface area (Å²) < 4.78 is 17.8. The highest BCUT2D eigenvalue weighted by Gasteiger charge is 2.48.